The molecule has 328 valence electrons. The van der Waals surface area contributed by atoms with Gasteiger partial charge in [-0.1, -0.05) is 148 Å². The molecule has 0 bridgehead atoms. The van der Waals surface area contributed by atoms with Crippen LogP contribution in [0.2, 0.25) is 19.6 Å². The Balaban J connectivity index is 1.25. The number of furan rings is 2. The summed E-state index contributed by atoms with van der Waals surface area (Å²) < 4.78 is 13.9. The Hall–Kier alpha value is -6.99. The van der Waals surface area contributed by atoms with Crippen molar-refractivity contribution in [3.8, 4) is 0 Å². The Bertz CT molecular complexity index is 3910. The van der Waals surface area contributed by atoms with Gasteiger partial charge in [-0.15, -0.1) is 11.8 Å². The molecular weight excluding hydrogens is 853 g/mol. The van der Waals surface area contributed by atoms with Crippen LogP contribution in [0.1, 0.15) is 30.5 Å². The molecule has 10 aromatic carbocycles. The van der Waals surface area contributed by atoms with Crippen molar-refractivity contribution in [2.75, 3.05) is 9.80 Å². The van der Waals surface area contributed by atoms with Gasteiger partial charge in [0.2, 0.25) is 0 Å². The molecule has 0 spiro atoms. The first-order chi connectivity index (χ1) is 32.4. The second-order valence-electron chi connectivity index (χ2n) is 19.6. The fourth-order valence-corrected chi connectivity index (χ4v) is 12.8. The molecule has 0 aliphatic carbocycles. The van der Waals surface area contributed by atoms with Gasteiger partial charge >= 0.3 is 0 Å². The van der Waals surface area contributed by atoms with Gasteiger partial charge in [0.25, 0.3) is 0 Å². The van der Waals surface area contributed by atoms with Crippen molar-refractivity contribution >= 4 is 135 Å². The van der Waals surface area contributed by atoms with E-state index in [1.807, 2.05) is 11.8 Å². The molecule has 0 unspecified atom stereocenters. The Morgan fingerprint density at radius 2 is 0.940 bits per heavy atom. The van der Waals surface area contributed by atoms with Crippen molar-refractivity contribution in [2.24, 2.45) is 0 Å². The van der Waals surface area contributed by atoms with Crippen LogP contribution in [0.5, 0.6) is 0 Å². The van der Waals surface area contributed by atoms with Crippen LogP contribution in [0, 0.1) is 20.8 Å². The van der Waals surface area contributed by atoms with E-state index in [0.717, 1.165) is 78.0 Å². The zero-order chi connectivity index (χ0) is 45.9. The Labute approximate surface area is 396 Å². The molecular formula is C61H52N2O2SSi. The summed E-state index contributed by atoms with van der Waals surface area (Å²) in [6.07, 6.45) is 0. The van der Waals surface area contributed by atoms with Crippen LogP contribution in [-0.4, -0.2) is 13.3 Å². The van der Waals surface area contributed by atoms with E-state index in [1.165, 1.54) is 59.1 Å². The summed E-state index contributed by atoms with van der Waals surface area (Å²) in [7, 11) is -1.65. The van der Waals surface area contributed by atoms with E-state index < -0.39 is 8.07 Å². The lowest BCUT2D eigenvalue weighted by Crippen LogP contribution is -2.37. The number of anilines is 6. The number of fused-ring (bicyclic) bond motifs is 6. The predicted octanol–water partition coefficient (Wildman–Crippen LogP) is 18.3. The number of nitrogens with zero attached hydrogens (tertiary/aromatic N) is 2. The monoisotopic (exact) mass is 904 g/mol. The summed E-state index contributed by atoms with van der Waals surface area (Å²) in [5.41, 5.74) is 13.4. The maximum atomic E-state index is 6.95. The van der Waals surface area contributed by atoms with Crippen LogP contribution in [0.15, 0.2) is 178 Å². The third-order valence-corrected chi connectivity index (χ3v) is 16.7. The number of rotatable bonds is 9. The number of aryl methyl sites for hydroxylation is 3. The van der Waals surface area contributed by atoms with Gasteiger partial charge < -0.3 is 18.6 Å². The third kappa shape index (κ3) is 6.71. The molecule has 0 saturated heterocycles. The molecule has 0 N–H and O–H groups in total. The zero-order valence-corrected chi connectivity index (χ0v) is 41.1. The fourth-order valence-electron chi connectivity index (χ4n) is 10.6. The first-order valence-electron chi connectivity index (χ1n) is 23.4. The Kier molecular flexibility index (Phi) is 9.62. The second kappa shape index (κ2) is 15.5. The molecule has 0 radical (unpaired) electrons. The molecule has 0 saturated carbocycles. The van der Waals surface area contributed by atoms with Crippen molar-refractivity contribution < 1.29 is 8.83 Å². The van der Waals surface area contributed by atoms with Crippen molar-refractivity contribution in [1.82, 2.24) is 0 Å². The minimum atomic E-state index is -1.65. The minimum absolute atomic E-state index is 0.458. The van der Waals surface area contributed by atoms with Crippen molar-refractivity contribution in [3.05, 3.63) is 180 Å². The molecule has 67 heavy (non-hydrogen) atoms. The lowest BCUT2D eigenvalue weighted by Gasteiger charge is -2.33. The molecule has 12 rings (SSSR count). The summed E-state index contributed by atoms with van der Waals surface area (Å²) in [5.74, 6) is 0. The first-order valence-corrected chi connectivity index (χ1v) is 27.8. The van der Waals surface area contributed by atoms with E-state index in [9.17, 15) is 0 Å². The molecule has 12 aromatic rings. The van der Waals surface area contributed by atoms with Gasteiger partial charge in [-0.2, -0.15) is 0 Å². The van der Waals surface area contributed by atoms with Gasteiger partial charge in [0.05, 0.1) is 30.8 Å². The molecule has 0 aliphatic rings. The van der Waals surface area contributed by atoms with Gasteiger partial charge in [0, 0.05) is 59.2 Å². The number of benzene rings is 10. The molecule has 0 amide bonds. The molecule has 2 heterocycles. The maximum Gasteiger partial charge on any atom is 0.159 e. The molecule has 6 heteroatoms. The van der Waals surface area contributed by atoms with Crippen molar-refractivity contribution in [2.45, 2.75) is 64.4 Å². The van der Waals surface area contributed by atoms with E-state index in [0.29, 0.717) is 5.25 Å². The van der Waals surface area contributed by atoms with Crippen LogP contribution in [0.3, 0.4) is 0 Å². The highest BCUT2D eigenvalue weighted by Gasteiger charge is 2.30. The minimum Gasteiger partial charge on any atom is -0.454 e. The number of para-hydroxylation sites is 4. The van der Waals surface area contributed by atoms with E-state index in [1.54, 1.807) is 0 Å². The van der Waals surface area contributed by atoms with Gasteiger partial charge in [0.1, 0.15) is 11.2 Å². The van der Waals surface area contributed by atoms with E-state index in [4.69, 9.17) is 8.83 Å². The summed E-state index contributed by atoms with van der Waals surface area (Å²) in [6.45, 7) is 18.5. The van der Waals surface area contributed by atoms with Crippen LogP contribution in [0.25, 0.3) is 76.2 Å². The van der Waals surface area contributed by atoms with Crippen LogP contribution in [-0.2, 0) is 0 Å². The molecule has 0 atom stereocenters. The Morgan fingerprint density at radius 3 is 1.45 bits per heavy atom. The topological polar surface area (TPSA) is 32.8 Å². The van der Waals surface area contributed by atoms with Gasteiger partial charge in [-0.25, -0.2) is 0 Å². The average Bonchev–Trinajstić information content (AvgIpc) is 3.89. The fraction of sp³-hybridized carbons (Fsp3) is 0.148. The smallest absolute Gasteiger partial charge is 0.159 e. The summed E-state index contributed by atoms with van der Waals surface area (Å²) >= 11 is 1.90. The van der Waals surface area contributed by atoms with Gasteiger partial charge in [-0.05, 0) is 108 Å². The number of hydrogen-bond acceptors (Lipinski definition) is 5. The van der Waals surface area contributed by atoms with E-state index in [2.05, 4.69) is 228 Å². The maximum absolute atomic E-state index is 6.95. The van der Waals surface area contributed by atoms with Gasteiger partial charge in [0.15, 0.2) is 11.2 Å². The van der Waals surface area contributed by atoms with E-state index >= 15 is 0 Å². The van der Waals surface area contributed by atoms with Crippen molar-refractivity contribution in [3.63, 3.8) is 0 Å². The summed E-state index contributed by atoms with van der Waals surface area (Å²) in [5, 5.41) is 13.6. The molecule has 2 aromatic heterocycles. The van der Waals surface area contributed by atoms with Crippen LogP contribution < -0.4 is 15.0 Å². The zero-order valence-electron chi connectivity index (χ0n) is 39.3. The van der Waals surface area contributed by atoms with Crippen molar-refractivity contribution in [1.29, 1.82) is 0 Å². The predicted molar refractivity (Wildman–Crippen MR) is 292 cm³/mol. The normalized spacial score (nSPS) is 12.4. The van der Waals surface area contributed by atoms with E-state index in [-0.39, 0.29) is 0 Å². The SMILES string of the molecule is Cc1cc2ccc3c(N(c4ccc(SC(C)C)cc4C)c4cccc5c4oc4ccccc45)cc(N(c4ccc([Si](C)(C)C)cc4C)c4cccc5c4oc4ccccc45)c4ccc(c1)c2c34. The molecule has 0 aliphatic heterocycles. The highest BCUT2D eigenvalue weighted by molar-refractivity contribution is 7.99. The van der Waals surface area contributed by atoms with Crippen LogP contribution >= 0.6 is 11.8 Å². The highest BCUT2D eigenvalue weighted by atomic mass is 32.2. The summed E-state index contributed by atoms with van der Waals surface area (Å²) in [4.78, 5) is 6.22. The standard InChI is InChI=1S/C61H52N2O2SSi/c1-36(2)66-42-25-29-50(38(4)33-42)62(52-19-13-17-46-44-15-9-11-21-56(44)64-60(46)52)54-35-55(49-28-24-41-32-37(3)31-40-23-27-48(54)59(49)58(40)41)63(51-30-26-43(34-39(51)5)67(6,7)8)53-20-14-18-47-45-16-10-12-22-57(45)65-61(47)53/h9-36H,1-8H3. The first kappa shape index (κ1) is 41.4. The Morgan fingerprint density at radius 1 is 0.433 bits per heavy atom. The third-order valence-electron chi connectivity index (χ3n) is 13.6. The van der Waals surface area contributed by atoms with Crippen LogP contribution in [0.4, 0.5) is 34.1 Å². The molecule has 4 nitrogen and oxygen atoms in total. The number of hydrogen-bond donors (Lipinski definition) is 0. The lowest BCUT2D eigenvalue weighted by atomic mass is 9.90. The average molecular weight is 905 g/mol. The quantitative estimate of drug-likeness (QED) is 0.0819. The lowest BCUT2D eigenvalue weighted by molar-refractivity contribution is 0.669. The second-order valence-corrected chi connectivity index (χ2v) is 26.4. The summed E-state index contributed by atoms with van der Waals surface area (Å²) in [6, 6.07) is 60.6. The van der Waals surface area contributed by atoms with Gasteiger partial charge in [-0.3, -0.25) is 0 Å². The highest BCUT2D eigenvalue weighted by Crippen LogP contribution is 2.53. The molecule has 0 fully saturated rings. The largest absolute Gasteiger partial charge is 0.454 e. The number of thioether (sulfide) groups is 1.